The molecule has 17 heavy (non-hydrogen) atoms. The van der Waals surface area contributed by atoms with Gasteiger partial charge in [-0.1, -0.05) is 17.7 Å². The molecule has 1 aromatic rings. The maximum absolute atomic E-state index is 12.0. The van der Waals surface area contributed by atoms with Crippen LogP contribution in [0, 0.1) is 0 Å². The Balaban J connectivity index is 2.75. The van der Waals surface area contributed by atoms with Gasteiger partial charge < -0.3 is 10.0 Å². The lowest BCUT2D eigenvalue weighted by Crippen LogP contribution is -2.32. The lowest BCUT2D eigenvalue weighted by Gasteiger charge is -2.20. The summed E-state index contributed by atoms with van der Waals surface area (Å²) in [6.45, 7) is 2.49. The van der Waals surface area contributed by atoms with Crippen LogP contribution in [0.25, 0.3) is 0 Å². The Kier molecular flexibility index (Phi) is 4.97. The number of hydrogen-bond acceptors (Lipinski definition) is 2. The molecule has 0 aromatic heterocycles. The number of benzene rings is 1. The minimum atomic E-state index is -0.914. The molecular weight excluding hydrogens is 242 g/mol. The predicted molar refractivity (Wildman–Crippen MR) is 65.3 cm³/mol. The van der Waals surface area contributed by atoms with Crippen LogP contribution in [-0.4, -0.2) is 35.0 Å². The van der Waals surface area contributed by atoms with E-state index in [1.165, 1.54) is 4.90 Å². The Hall–Kier alpha value is -1.55. The molecule has 0 saturated carbocycles. The SMILES string of the molecule is CCN(CCC(=O)O)C(=O)c1cccc(Cl)c1. The Bertz CT molecular complexity index is 420. The zero-order valence-corrected chi connectivity index (χ0v) is 10.3. The van der Waals surface area contributed by atoms with E-state index in [0.29, 0.717) is 17.1 Å². The molecule has 1 aromatic carbocycles. The van der Waals surface area contributed by atoms with Crippen LogP contribution in [0.4, 0.5) is 0 Å². The van der Waals surface area contributed by atoms with Crippen molar-refractivity contribution in [2.45, 2.75) is 13.3 Å². The molecule has 0 spiro atoms. The van der Waals surface area contributed by atoms with E-state index in [4.69, 9.17) is 16.7 Å². The zero-order valence-electron chi connectivity index (χ0n) is 9.52. The third kappa shape index (κ3) is 4.07. The van der Waals surface area contributed by atoms with Gasteiger partial charge in [0.05, 0.1) is 6.42 Å². The fraction of sp³-hybridized carbons (Fsp3) is 0.333. The highest BCUT2D eigenvalue weighted by molar-refractivity contribution is 6.30. The topological polar surface area (TPSA) is 57.6 Å². The van der Waals surface area contributed by atoms with Crippen molar-refractivity contribution in [3.8, 4) is 0 Å². The van der Waals surface area contributed by atoms with Crippen LogP contribution in [0.3, 0.4) is 0 Å². The molecule has 1 rings (SSSR count). The number of rotatable bonds is 5. The van der Waals surface area contributed by atoms with Gasteiger partial charge in [0.15, 0.2) is 0 Å². The van der Waals surface area contributed by atoms with Crippen molar-refractivity contribution in [1.82, 2.24) is 4.90 Å². The third-order valence-corrected chi connectivity index (χ3v) is 2.57. The number of nitrogens with zero attached hydrogens (tertiary/aromatic N) is 1. The summed E-state index contributed by atoms with van der Waals surface area (Å²) in [5.74, 6) is -1.11. The highest BCUT2D eigenvalue weighted by Gasteiger charge is 2.15. The third-order valence-electron chi connectivity index (χ3n) is 2.34. The van der Waals surface area contributed by atoms with Gasteiger partial charge in [0.25, 0.3) is 5.91 Å². The van der Waals surface area contributed by atoms with Crippen molar-refractivity contribution < 1.29 is 14.7 Å². The monoisotopic (exact) mass is 255 g/mol. The summed E-state index contributed by atoms with van der Waals surface area (Å²) in [7, 11) is 0. The number of aliphatic carboxylic acids is 1. The molecule has 0 bridgehead atoms. The normalized spacial score (nSPS) is 10.0. The van der Waals surface area contributed by atoms with E-state index in [0.717, 1.165) is 0 Å². The Morgan fingerprint density at radius 3 is 2.65 bits per heavy atom. The fourth-order valence-corrected chi connectivity index (χ4v) is 1.63. The first-order valence-electron chi connectivity index (χ1n) is 5.31. The number of hydrogen-bond donors (Lipinski definition) is 1. The van der Waals surface area contributed by atoms with Crippen LogP contribution in [0.15, 0.2) is 24.3 Å². The summed E-state index contributed by atoms with van der Waals surface area (Å²) in [5, 5.41) is 9.09. The molecule has 0 heterocycles. The predicted octanol–water partition coefficient (Wildman–Crippen LogP) is 2.28. The van der Waals surface area contributed by atoms with E-state index in [1.807, 2.05) is 6.92 Å². The zero-order chi connectivity index (χ0) is 12.8. The van der Waals surface area contributed by atoms with Crippen LogP contribution < -0.4 is 0 Å². The second-order valence-electron chi connectivity index (χ2n) is 3.54. The largest absolute Gasteiger partial charge is 0.481 e. The summed E-state index contributed by atoms with van der Waals surface area (Å²) in [6.07, 6.45) is -0.0554. The van der Waals surface area contributed by atoms with E-state index in [1.54, 1.807) is 24.3 Å². The molecule has 0 aliphatic heterocycles. The average molecular weight is 256 g/mol. The quantitative estimate of drug-likeness (QED) is 0.878. The number of carboxylic acid groups (broad SMARTS) is 1. The van der Waals surface area contributed by atoms with Gasteiger partial charge in [0.2, 0.25) is 0 Å². The summed E-state index contributed by atoms with van der Waals surface area (Å²) in [4.78, 5) is 24.0. The molecule has 0 fully saturated rings. The number of carboxylic acids is 1. The molecule has 1 N–H and O–H groups in total. The van der Waals surface area contributed by atoms with Gasteiger partial charge >= 0.3 is 5.97 Å². The van der Waals surface area contributed by atoms with Gasteiger partial charge in [-0.3, -0.25) is 9.59 Å². The Morgan fingerprint density at radius 1 is 1.41 bits per heavy atom. The van der Waals surface area contributed by atoms with Gasteiger partial charge in [-0.25, -0.2) is 0 Å². The van der Waals surface area contributed by atoms with Gasteiger partial charge in [0, 0.05) is 23.7 Å². The van der Waals surface area contributed by atoms with E-state index < -0.39 is 5.97 Å². The first-order chi connectivity index (χ1) is 8.04. The van der Waals surface area contributed by atoms with E-state index in [2.05, 4.69) is 0 Å². The molecule has 0 unspecified atom stereocenters. The first kappa shape index (κ1) is 13.5. The van der Waals surface area contributed by atoms with Crippen LogP contribution in [0.2, 0.25) is 5.02 Å². The molecule has 0 saturated heterocycles. The summed E-state index contributed by atoms with van der Waals surface area (Å²) < 4.78 is 0. The summed E-state index contributed by atoms with van der Waals surface area (Å²) in [6, 6.07) is 6.62. The van der Waals surface area contributed by atoms with Gasteiger partial charge in [-0.2, -0.15) is 0 Å². The fourth-order valence-electron chi connectivity index (χ4n) is 1.44. The summed E-state index contributed by atoms with van der Waals surface area (Å²) in [5.41, 5.74) is 0.477. The summed E-state index contributed by atoms with van der Waals surface area (Å²) >= 11 is 5.80. The number of carbonyl (C=O) groups excluding carboxylic acids is 1. The Labute approximate surface area is 105 Å². The lowest BCUT2D eigenvalue weighted by atomic mass is 10.2. The molecule has 0 aliphatic rings. The van der Waals surface area contributed by atoms with E-state index in [-0.39, 0.29) is 18.9 Å². The van der Waals surface area contributed by atoms with Crippen molar-refractivity contribution in [2.24, 2.45) is 0 Å². The molecule has 0 atom stereocenters. The van der Waals surface area contributed by atoms with Crippen molar-refractivity contribution in [3.63, 3.8) is 0 Å². The lowest BCUT2D eigenvalue weighted by molar-refractivity contribution is -0.137. The van der Waals surface area contributed by atoms with Gasteiger partial charge in [-0.05, 0) is 25.1 Å². The highest BCUT2D eigenvalue weighted by atomic mass is 35.5. The molecule has 1 amide bonds. The van der Waals surface area contributed by atoms with Gasteiger partial charge in [-0.15, -0.1) is 0 Å². The van der Waals surface area contributed by atoms with Crippen molar-refractivity contribution in [2.75, 3.05) is 13.1 Å². The second kappa shape index (κ2) is 6.25. The number of carbonyl (C=O) groups is 2. The molecular formula is C12H14ClNO3. The molecule has 4 nitrogen and oxygen atoms in total. The molecule has 0 aliphatic carbocycles. The number of halogens is 1. The van der Waals surface area contributed by atoms with Crippen LogP contribution >= 0.6 is 11.6 Å². The maximum Gasteiger partial charge on any atom is 0.305 e. The van der Waals surface area contributed by atoms with E-state index >= 15 is 0 Å². The molecule has 0 radical (unpaired) electrons. The van der Waals surface area contributed by atoms with E-state index in [9.17, 15) is 9.59 Å². The highest BCUT2D eigenvalue weighted by Crippen LogP contribution is 2.12. The first-order valence-corrected chi connectivity index (χ1v) is 5.69. The van der Waals surface area contributed by atoms with Crippen molar-refractivity contribution in [3.05, 3.63) is 34.9 Å². The van der Waals surface area contributed by atoms with Gasteiger partial charge in [0.1, 0.15) is 0 Å². The average Bonchev–Trinajstić information content (AvgIpc) is 2.29. The van der Waals surface area contributed by atoms with Crippen LogP contribution in [0.1, 0.15) is 23.7 Å². The van der Waals surface area contributed by atoms with Crippen molar-refractivity contribution >= 4 is 23.5 Å². The minimum absolute atomic E-state index is 0.0554. The Morgan fingerprint density at radius 2 is 2.12 bits per heavy atom. The second-order valence-corrected chi connectivity index (χ2v) is 3.98. The van der Waals surface area contributed by atoms with Crippen molar-refractivity contribution in [1.29, 1.82) is 0 Å². The molecule has 92 valence electrons. The molecule has 5 heteroatoms. The number of amides is 1. The van der Waals surface area contributed by atoms with Crippen LogP contribution in [0.5, 0.6) is 0 Å². The minimum Gasteiger partial charge on any atom is -0.481 e. The maximum atomic E-state index is 12.0. The standard InChI is InChI=1S/C12H14ClNO3/c1-2-14(7-6-11(15)16)12(17)9-4-3-5-10(13)8-9/h3-5,8H,2,6-7H2,1H3,(H,15,16). The van der Waals surface area contributed by atoms with Crippen LogP contribution in [-0.2, 0) is 4.79 Å². The smallest absolute Gasteiger partial charge is 0.305 e.